The van der Waals surface area contributed by atoms with Gasteiger partial charge < -0.3 is 13.6 Å². The molecule has 0 spiro atoms. The van der Waals surface area contributed by atoms with E-state index in [1.165, 1.54) is 16.7 Å². The molecule has 0 aliphatic rings. The Balaban J connectivity index is 1.87. The van der Waals surface area contributed by atoms with Crippen LogP contribution in [0, 0.1) is 16.2 Å². The van der Waals surface area contributed by atoms with E-state index in [1.54, 1.807) is 4.60 Å². The summed E-state index contributed by atoms with van der Waals surface area (Å²) in [5.41, 5.74) is 4.68. The molecular formula is C45H71N2O4P3. The molecule has 3 rings (SSSR count). The van der Waals surface area contributed by atoms with Gasteiger partial charge in [0.25, 0.3) is 8.60 Å². The molecule has 0 bridgehead atoms. The first-order valence-corrected chi connectivity index (χ1v) is 22.3. The first-order valence-electron chi connectivity index (χ1n) is 19.5. The van der Waals surface area contributed by atoms with E-state index in [-0.39, 0.29) is 41.4 Å². The second-order valence-electron chi connectivity index (χ2n) is 20.3. The van der Waals surface area contributed by atoms with Crippen LogP contribution in [0.3, 0.4) is 0 Å². The summed E-state index contributed by atoms with van der Waals surface area (Å²) in [6.07, 6.45) is 4.07. The van der Waals surface area contributed by atoms with Crippen LogP contribution in [0.2, 0.25) is 0 Å². The molecule has 0 saturated carbocycles. The third-order valence-electron chi connectivity index (χ3n) is 9.09. The fourth-order valence-corrected chi connectivity index (χ4v) is 10.8. The molecule has 9 heteroatoms. The predicted octanol–water partition coefficient (Wildman–Crippen LogP) is 15.8. The fourth-order valence-electron chi connectivity index (χ4n) is 7.85. The van der Waals surface area contributed by atoms with E-state index in [1.807, 2.05) is 24.3 Å². The van der Waals surface area contributed by atoms with Crippen molar-refractivity contribution in [2.24, 2.45) is 20.8 Å². The van der Waals surface area contributed by atoms with Crippen molar-refractivity contribution in [3.05, 3.63) is 89.5 Å². The lowest BCUT2D eigenvalue weighted by atomic mass is 9.72. The molecule has 300 valence electrons. The number of rotatable bonds is 18. The van der Waals surface area contributed by atoms with E-state index in [0.29, 0.717) is 15.2 Å². The summed E-state index contributed by atoms with van der Waals surface area (Å²) >= 11 is 0. The van der Waals surface area contributed by atoms with Crippen molar-refractivity contribution in [1.82, 2.24) is 4.60 Å². The highest BCUT2D eigenvalue weighted by atomic mass is 31.2. The second kappa shape index (κ2) is 18.9. The molecule has 0 N–H and O–H groups in total. The molecule has 0 amide bonds. The highest BCUT2D eigenvalue weighted by Crippen LogP contribution is 2.53. The quantitative estimate of drug-likeness (QED) is 0.0948. The number of hydrogen-bond acceptors (Lipinski definition) is 6. The Kier molecular flexibility index (Phi) is 16.2. The summed E-state index contributed by atoms with van der Waals surface area (Å²) in [4.78, 5) is 6.28. The van der Waals surface area contributed by atoms with Gasteiger partial charge in [-0.15, -0.1) is 4.52 Å². The maximum atomic E-state index is 6.63. The minimum atomic E-state index is -1.66. The maximum Gasteiger partial charge on any atom is 0.337 e. The first-order chi connectivity index (χ1) is 24.8. The zero-order valence-corrected chi connectivity index (χ0v) is 39.2. The monoisotopic (exact) mass is 796 g/mol. The average molecular weight is 797 g/mol. The summed E-state index contributed by atoms with van der Waals surface area (Å²) < 4.78 is 25.8. The molecule has 2 atom stereocenters. The number of benzene rings is 3. The summed E-state index contributed by atoms with van der Waals surface area (Å²) in [7, 11) is -1.42. The maximum absolute atomic E-state index is 6.63. The summed E-state index contributed by atoms with van der Waals surface area (Å²) in [6, 6.07) is 25.3. The predicted molar refractivity (Wildman–Crippen MR) is 235 cm³/mol. The smallest absolute Gasteiger partial charge is 0.337 e. The first kappa shape index (κ1) is 46.3. The van der Waals surface area contributed by atoms with Crippen LogP contribution in [0.1, 0.15) is 153 Å². The van der Waals surface area contributed by atoms with E-state index in [4.69, 9.17) is 22.9 Å². The highest BCUT2D eigenvalue weighted by Gasteiger charge is 2.30. The molecule has 0 heterocycles. The van der Waals surface area contributed by atoms with Gasteiger partial charge in [-0.2, -0.15) is 0 Å². The van der Waals surface area contributed by atoms with Crippen LogP contribution in [0.4, 0.5) is 0 Å². The van der Waals surface area contributed by atoms with Crippen molar-refractivity contribution in [2.75, 3.05) is 6.61 Å². The minimum absolute atomic E-state index is 0.0266. The largest absolute Gasteiger partial charge is 0.458 e. The zero-order valence-electron chi connectivity index (χ0n) is 36.4. The molecule has 6 nitrogen and oxygen atoms in total. The van der Waals surface area contributed by atoms with Crippen LogP contribution >= 0.6 is 26.0 Å². The van der Waals surface area contributed by atoms with Crippen molar-refractivity contribution < 1.29 is 18.4 Å². The minimum Gasteiger partial charge on any atom is -0.458 e. The van der Waals surface area contributed by atoms with E-state index < -0.39 is 8.45 Å². The lowest BCUT2D eigenvalue weighted by molar-refractivity contribution is -0.0162. The van der Waals surface area contributed by atoms with E-state index >= 15 is 0 Å². The van der Waals surface area contributed by atoms with Crippen LogP contribution in [-0.2, 0) is 21.1 Å². The standard InChI is InChI=1S/C45H71N2O4P3/c1-17-30-48-47(53-50-38-26-20-35(21-27-38)44(13,14)32-41(5,6)7)54(51-39-28-22-36(23-29-39)45(15,16)33-42(8,9)10)46-52-49-37-24-18-34(19-25-37)43(11,12)31-40(2,3)4/h18-29,53H,17,30-33H2,1-16H3. The molecule has 3 aromatic rings. The third-order valence-corrected chi connectivity index (χ3v) is 12.5. The van der Waals surface area contributed by atoms with Crippen LogP contribution in [0.15, 0.2) is 77.3 Å². The van der Waals surface area contributed by atoms with Gasteiger partial charge >= 0.3 is 8.45 Å². The van der Waals surface area contributed by atoms with Crippen molar-refractivity contribution in [2.45, 2.75) is 153 Å². The van der Waals surface area contributed by atoms with Crippen molar-refractivity contribution in [3.8, 4) is 17.2 Å². The van der Waals surface area contributed by atoms with E-state index in [0.717, 1.165) is 42.9 Å². The lowest BCUT2D eigenvalue weighted by Gasteiger charge is -2.33. The molecule has 0 radical (unpaired) electrons. The second-order valence-corrected chi connectivity index (χ2v) is 23.6. The summed E-state index contributed by atoms with van der Waals surface area (Å²) in [6.45, 7) is 37.1. The van der Waals surface area contributed by atoms with Gasteiger partial charge in [0, 0.05) is 0 Å². The Morgan fingerprint density at radius 1 is 0.556 bits per heavy atom. The van der Waals surface area contributed by atoms with Gasteiger partial charge in [0.2, 0.25) is 0 Å². The van der Waals surface area contributed by atoms with Gasteiger partial charge in [0.1, 0.15) is 17.2 Å². The van der Waals surface area contributed by atoms with Gasteiger partial charge in [-0.25, -0.2) is 0 Å². The van der Waals surface area contributed by atoms with Crippen molar-refractivity contribution in [1.29, 1.82) is 0 Å². The van der Waals surface area contributed by atoms with Crippen LogP contribution in [0.5, 0.6) is 17.2 Å². The van der Waals surface area contributed by atoms with Crippen molar-refractivity contribution >= 4 is 26.0 Å². The fraction of sp³-hybridized carbons (Fsp3) is 0.600. The van der Waals surface area contributed by atoms with Crippen LogP contribution in [0.25, 0.3) is 0 Å². The van der Waals surface area contributed by atoms with E-state index in [2.05, 4.69) is 159 Å². The molecule has 3 aromatic carbocycles. The third kappa shape index (κ3) is 15.8. The van der Waals surface area contributed by atoms with Crippen LogP contribution in [-0.4, -0.2) is 11.2 Å². The van der Waals surface area contributed by atoms with Gasteiger partial charge in [-0.3, -0.25) is 4.84 Å². The van der Waals surface area contributed by atoms with Gasteiger partial charge in [0.15, 0.2) is 8.96 Å². The van der Waals surface area contributed by atoms with Gasteiger partial charge in [-0.1, -0.05) is 152 Å². The van der Waals surface area contributed by atoms with Crippen molar-refractivity contribution in [3.63, 3.8) is 0 Å². The Morgan fingerprint density at radius 3 is 1.30 bits per heavy atom. The van der Waals surface area contributed by atoms with Crippen LogP contribution < -0.4 is 13.6 Å². The molecule has 2 unspecified atom stereocenters. The number of hydrogen-bond donors (Lipinski definition) is 0. The Morgan fingerprint density at radius 2 is 0.926 bits per heavy atom. The van der Waals surface area contributed by atoms with Gasteiger partial charge in [0.05, 0.1) is 6.61 Å². The summed E-state index contributed by atoms with van der Waals surface area (Å²) in [5, 5.41) is 0. The highest BCUT2D eigenvalue weighted by molar-refractivity contribution is 7.60. The molecule has 0 aliphatic heterocycles. The van der Waals surface area contributed by atoms with E-state index in [9.17, 15) is 0 Å². The average Bonchev–Trinajstić information content (AvgIpc) is 3.02. The summed E-state index contributed by atoms with van der Waals surface area (Å²) in [5.74, 6) is 2.25. The Hall–Kier alpha value is -2.06. The molecule has 0 saturated heterocycles. The normalized spacial score (nSPS) is 14.3. The zero-order chi connectivity index (χ0) is 40.6. The van der Waals surface area contributed by atoms with Gasteiger partial charge in [-0.05, 0) is 111 Å². The molecule has 0 aliphatic carbocycles. The molecular weight excluding hydrogens is 725 g/mol. The molecule has 0 fully saturated rings. The topological polar surface area (TPSA) is 52.5 Å². The Bertz CT molecular complexity index is 1600. The SMILES string of the molecule is CCCON(POc1ccc(C(C)(C)CC(C)(C)C)cc1)P(N=POc1ccc(C(C)(C)CC(C)(C)C)cc1)Oc1ccc(C(C)(C)CC(C)(C)C)cc1. The molecule has 54 heavy (non-hydrogen) atoms. The number of nitrogens with zero attached hydrogens (tertiary/aromatic N) is 2. The Labute approximate surface area is 334 Å². The molecule has 0 aromatic heterocycles. The lowest BCUT2D eigenvalue weighted by Crippen LogP contribution is -2.24.